The zero-order chi connectivity index (χ0) is 24.4. The maximum Gasteiger partial charge on any atom is 0.251 e. The Kier molecular flexibility index (Phi) is 6.67. The standard InChI is InChI=1S/C24H20ClF2N5O2/c1-13-14(2)28-7-5-20(13)30-24-29-11-19(27)23(31-24)16-6-8-32(22(34)10-16)21(12-33)15-3-4-17(25)18(26)9-15/h3-11,21,33H,12H2,1-2H3,(H,28,29,30,31)/t21-/m1/s1. The van der Waals surface area contributed by atoms with Crippen LogP contribution < -0.4 is 10.9 Å². The van der Waals surface area contributed by atoms with E-state index in [1.54, 1.807) is 12.3 Å². The van der Waals surface area contributed by atoms with Gasteiger partial charge in [-0.15, -0.1) is 0 Å². The van der Waals surface area contributed by atoms with E-state index >= 15 is 0 Å². The first-order valence-electron chi connectivity index (χ1n) is 10.3. The van der Waals surface area contributed by atoms with E-state index in [0.717, 1.165) is 29.2 Å². The minimum absolute atomic E-state index is 0.0658. The van der Waals surface area contributed by atoms with Crippen molar-refractivity contribution in [1.29, 1.82) is 0 Å². The summed E-state index contributed by atoms with van der Waals surface area (Å²) in [6.07, 6.45) is 4.06. The molecule has 10 heteroatoms. The monoisotopic (exact) mass is 483 g/mol. The fourth-order valence-electron chi connectivity index (χ4n) is 3.49. The van der Waals surface area contributed by atoms with Crippen molar-refractivity contribution in [2.45, 2.75) is 19.9 Å². The molecule has 4 aromatic rings. The third-order valence-corrected chi connectivity index (χ3v) is 5.81. The van der Waals surface area contributed by atoms with Crippen molar-refractivity contribution in [2.75, 3.05) is 11.9 Å². The van der Waals surface area contributed by atoms with Crippen LogP contribution >= 0.6 is 11.6 Å². The van der Waals surface area contributed by atoms with Crippen LogP contribution in [-0.4, -0.2) is 31.2 Å². The SMILES string of the molecule is Cc1nccc(Nc2ncc(F)c(-c3ccn([C@H](CO)c4ccc(Cl)c(F)c4)c(=O)c3)n2)c1C. The molecule has 174 valence electrons. The molecule has 0 aliphatic carbocycles. The van der Waals surface area contributed by atoms with Gasteiger partial charge in [-0.3, -0.25) is 9.78 Å². The normalized spacial score (nSPS) is 11.9. The highest BCUT2D eigenvalue weighted by atomic mass is 35.5. The van der Waals surface area contributed by atoms with Gasteiger partial charge in [0.2, 0.25) is 5.95 Å². The van der Waals surface area contributed by atoms with Crippen LogP contribution in [0.15, 0.2) is 59.8 Å². The largest absolute Gasteiger partial charge is 0.394 e. The lowest BCUT2D eigenvalue weighted by Gasteiger charge is -2.19. The molecular weight excluding hydrogens is 464 g/mol. The molecule has 0 aliphatic rings. The predicted octanol–water partition coefficient (Wildman–Crippen LogP) is 4.57. The summed E-state index contributed by atoms with van der Waals surface area (Å²) < 4.78 is 29.7. The van der Waals surface area contributed by atoms with E-state index in [-0.39, 0.29) is 22.2 Å². The molecule has 34 heavy (non-hydrogen) atoms. The Morgan fingerprint density at radius 3 is 2.62 bits per heavy atom. The third-order valence-electron chi connectivity index (χ3n) is 5.51. The van der Waals surface area contributed by atoms with Gasteiger partial charge < -0.3 is 15.0 Å². The zero-order valence-electron chi connectivity index (χ0n) is 18.3. The first kappa shape index (κ1) is 23.5. The highest BCUT2D eigenvalue weighted by Crippen LogP contribution is 2.25. The van der Waals surface area contributed by atoms with E-state index in [4.69, 9.17) is 11.6 Å². The van der Waals surface area contributed by atoms with Gasteiger partial charge in [0.1, 0.15) is 11.5 Å². The molecule has 3 aromatic heterocycles. The van der Waals surface area contributed by atoms with Crippen LogP contribution in [0.2, 0.25) is 5.02 Å². The number of hydrogen-bond donors (Lipinski definition) is 2. The number of nitrogens with one attached hydrogen (secondary N) is 1. The van der Waals surface area contributed by atoms with E-state index in [1.165, 1.54) is 35.0 Å². The van der Waals surface area contributed by atoms with Crippen molar-refractivity contribution in [2.24, 2.45) is 0 Å². The molecule has 0 amide bonds. The molecule has 3 heterocycles. The van der Waals surface area contributed by atoms with Gasteiger partial charge in [0.25, 0.3) is 5.56 Å². The average Bonchev–Trinajstić information content (AvgIpc) is 2.82. The molecule has 1 atom stereocenters. The first-order valence-corrected chi connectivity index (χ1v) is 10.7. The third kappa shape index (κ3) is 4.66. The van der Waals surface area contributed by atoms with E-state index in [2.05, 4.69) is 20.3 Å². The van der Waals surface area contributed by atoms with E-state index in [1.807, 2.05) is 13.8 Å². The van der Waals surface area contributed by atoms with E-state index < -0.39 is 29.8 Å². The van der Waals surface area contributed by atoms with Crippen LogP contribution in [0.1, 0.15) is 22.9 Å². The Labute approximate surface area is 198 Å². The Morgan fingerprint density at radius 1 is 1.12 bits per heavy atom. The maximum absolute atomic E-state index is 14.6. The molecular formula is C24H20ClF2N5O2. The van der Waals surface area contributed by atoms with Gasteiger partial charge in [0.15, 0.2) is 5.82 Å². The van der Waals surface area contributed by atoms with Gasteiger partial charge in [-0.1, -0.05) is 17.7 Å². The van der Waals surface area contributed by atoms with Crippen molar-refractivity contribution in [1.82, 2.24) is 19.5 Å². The van der Waals surface area contributed by atoms with Gasteiger partial charge in [-0.05, 0) is 49.2 Å². The second-order valence-electron chi connectivity index (χ2n) is 7.62. The van der Waals surface area contributed by atoms with Crippen LogP contribution in [0.25, 0.3) is 11.3 Å². The van der Waals surface area contributed by atoms with Gasteiger partial charge in [0.05, 0.1) is 23.9 Å². The van der Waals surface area contributed by atoms with Crippen molar-refractivity contribution < 1.29 is 13.9 Å². The minimum Gasteiger partial charge on any atom is -0.394 e. The second-order valence-corrected chi connectivity index (χ2v) is 8.02. The van der Waals surface area contributed by atoms with Crippen LogP contribution in [0.4, 0.5) is 20.4 Å². The molecule has 1 aromatic carbocycles. The molecule has 0 saturated carbocycles. The number of aryl methyl sites for hydroxylation is 1. The molecule has 0 aliphatic heterocycles. The number of rotatable bonds is 6. The molecule has 0 unspecified atom stereocenters. The van der Waals surface area contributed by atoms with Crippen LogP contribution in [-0.2, 0) is 0 Å². The van der Waals surface area contributed by atoms with Crippen molar-refractivity contribution >= 4 is 23.2 Å². The Balaban J connectivity index is 1.68. The quantitative estimate of drug-likeness (QED) is 0.417. The summed E-state index contributed by atoms with van der Waals surface area (Å²) >= 11 is 5.73. The number of aromatic nitrogens is 4. The molecule has 4 rings (SSSR count). The summed E-state index contributed by atoms with van der Waals surface area (Å²) in [4.78, 5) is 25.3. The number of pyridine rings is 2. The fourth-order valence-corrected chi connectivity index (χ4v) is 3.61. The summed E-state index contributed by atoms with van der Waals surface area (Å²) in [6.45, 7) is 3.30. The fraction of sp³-hybridized carbons (Fsp3) is 0.167. The van der Waals surface area contributed by atoms with Crippen LogP contribution in [0.5, 0.6) is 0 Å². The Morgan fingerprint density at radius 2 is 1.91 bits per heavy atom. The minimum atomic E-state index is -0.848. The molecule has 0 spiro atoms. The van der Waals surface area contributed by atoms with Gasteiger partial charge in [-0.25, -0.2) is 18.7 Å². The van der Waals surface area contributed by atoms with Gasteiger partial charge in [-0.2, -0.15) is 0 Å². The number of aliphatic hydroxyl groups excluding tert-OH is 1. The van der Waals surface area contributed by atoms with Crippen molar-refractivity contribution in [3.8, 4) is 11.3 Å². The zero-order valence-corrected chi connectivity index (χ0v) is 19.0. The number of nitrogens with zero attached hydrogens (tertiary/aromatic N) is 4. The van der Waals surface area contributed by atoms with Gasteiger partial charge in [0, 0.05) is 35.4 Å². The summed E-state index contributed by atoms with van der Waals surface area (Å²) in [6, 6.07) is 7.64. The lowest BCUT2D eigenvalue weighted by atomic mass is 10.1. The second kappa shape index (κ2) is 9.66. The number of anilines is 2. The molecule has 0 bridgehead atoms. The summed E-state index contributed by atoms with van der Waals surface area (Å²) in [7, 11) is 0. The number of halogens is 3. The summed E-state index contributed by atoms with van der Waals surface area (Å²) in [5, 5.41) is 12.8. The average molecular weight is 484 g/mol. The molecule has 0 radical (unpaired) electrons. The highest BCUT2D eigenvalue weighted by Gasteiger charge is 2.18. The number of hydrogen-bond acceptors (Lipinski definition) is 6. The Bertz CT molecular complexity index is 1430. The van der Waals surface area contributed by atoms with Crippen LogP contribution in [0.3, 0.4) is 0 Å². The lowest BCUT2D eigenvalue weighted by molar-refractivity contribution is 0.247. The van der Waals surface area contributed by atoms with Gasteiger partial charge >= 0.3 is 0 Å². The number of aliphatic hydroxyl groups is 1. The van der Waals surface area contributed by atoms with Crippen molar-refractivity contribution in [3.63, 3.8) is 0 Å². The molecule has 0 fully saturated rings. The van der Waals surface area contributed by atoms with E-state index in [0.29, 0.717) is 5.56 Å². The first-order chi connectivity index (χ1) is 16.3. The van der Waals surface area contributed by atoms with Crippen molar-refractivity contribution in [3.05, 3.63) is 98.8 Å². The molecule has 0 saturated heterocycles. The number of benzene rings is 1. The highest BCUT2D eigenvalue weighted by molar-refractivity contribution is 6.30. The predicted molar refractivity (Wildman–Crippen MR) is 125 cm³/mol. The maximum atomic E-state index is 14.6. The van der Waals surface area contributed by atoms with Crippen LogP contribution in [0, 0.1) is 25.5 Å². The Hall–Kier alpha value is -3.69. The smallest absolute Gasteiger partial charge is 0.251 e. The lowest BCUT2D eigenvalue weighted by Crippen LogP contribution is -2.27. The molecule has 7 nitrogen and oxygen atoms in total. The summed E-state index contributed by atoms with van der Waals surface area (Å²) in [5.41, 5.74) is 2.45. The summed E-state index contributed by atoms with van der Waals surface area (Å²) in [5.74, 6) is -1.21. The van der Waals surface area contributed by atoms with E-state index in [9.17, 15) is 18.7 Å². The topological polar surface area (TPSA) is 92.9 Å². The molecule has 2 N–H and O–H groups in total.